The van der Waals surface area contributed by atoms with Gasteiger partial charge in [-0.1, -0.05) is 32.0 Å². The molecule has 29 heavy (non-hydrogen) atoms. The first-order chi connectivity index (χ1) is 13.9. The number of nitrogens with one attached hydrogen (secondary N) is 1. The number of carbonyl (C=O) groups excluding carboxylic acids is 1. The minimum absolute atomic E-state index is 0.106. The van der Waals surface area contributed by atoms with Crippen molar-refractivity contribution in [1.29, 1.82) is 0 Å². The predicted molar refractivity (Wildman–Crippen MR) is 119 cm³/mol. The van der Waals surface area contributed by atoms with Crippen LogP contribution in [-0.2, 0) is 24.1 Å². The summed E-state index contributed by atoms with van der Waals surface area (Å²) in [6.45, 7) is 8.06. The van der Waals surface area contributed by atoms with Gasteiger partial charge in [-0.15, -0.1) is 11.3 Å². The van der Waals surface area contributed by atoms with E-state index in [9.17, 15) is 9.59 Å². The molecule has 0 aliphatic heterocycles. The van der Waals surface area contributed by atoms with Crippen LogP contribution in [0.5, 0.6) is 0 Å². The average molecular weight is 410 g/mol. The molecule has 0 unspecified atom stereocenters. The van der Waals surface area contributed by atoms with E-state index in [1.807, 2.05) is 25.1 Å². The van der Waals surface area contributed by atoms with Crippen LogP contribution in [0.2, 0.25) is 0 Å². The molecule has 0 saturated carbocycles. The van der Waals surface area contributed by atoms with Crippen LogP contribution in [0.15, 0.2) is 29.3 Å². The molecule has 5 nitrogen and oxygen atoms in total. The van der Waals surface area contributed by atoms with Gasteiger partial charge in [0.15, 0.2) is 0 Å². The number of thiophene rings is 1. The van der Waals surface area contributed by atoms with E-state index in [-0.39, 0.29) is 11.5 Å². The Balaban J connectivity index is 1.69. The molecule has 0 spiro atoms. The van der Waals surface area contributed by atoms with Crippen LogP contribution in [-0.4, -0.2) is 15.5 Å². The second kappa shape index (κ2) is 7.75. The SMILES string of the molecule is CCc1cccc(C)c1NC(=O)[C@H](C)n1cnc2sc3c(c2c1=O)CC[C@@H](C)C3. The molecule has 0 radical (unpaired) electrons. The summed E-state index contributed by atoms with van der Waals surface area (Å²) in [5, 5.41) is 3.75. The van der Waals surface area contributed by atoms with Gasteiger partial charge < -0.3 is 5.32 Å². The fourth-order valence-corrected chi connectivity index (χ4v) is 5.52. The standard InChI is InChI=1S/C23H27N3O2S/c1-5-16-8-6-7-14(3)20(16)25-21(27)15(4)26-12-24-22-19(23(26)28)17-10-9-13(2)11-18(17)29-22/h6-8,12-13,15H,5,9-11H2,1-4H3,(H,25,27)/t13-,15+/m1/s1. The Bertz CT molecular complexity index is 1140. The van der Waals surface area contributed by atoms with Gasteiger partial charge >= 0.3 is 0 Å². The minimum Gasteiger partial charge on any atom is -0.324 e. The molecular formula is C23H27N3O2S. The molecule has 0 fully saturated rings. The molecule has 3 aromatic rings. The van der Waals surface area contributed by atoms with Crippen LogP contribution in [0.3, 0.4) is 0 Å². The number of amides is 1. The largest absolute Gasteiger partial charge is 0.324 e. The smallest absolute Gasteiger partial charge is 0.263 e. The van der Waals surface area contributed by atoms with Crippen molar-refractivity contribution in [3.63, 3.8) is 0 Å². The molecule has 1 amide bonds. The van der Waals surface area contributed by atoms with Gasteiger partial charge in [0.1, 0.15) is 10.9 Å². The lowest BCUT2D eigenvalue weighted by molar-refractivity contribution is -0.118. The summed E-state index contributed by atoms with van der Waals surface area (Å²) in [7, 11) is 0. The Hall–Kier alpha value is -2.47. The third kappa shape index (κ3) is 3.50. The lowest BCUT2D eigenvalue weighted by Gasteiger charge is -2.19. The Morgan fingerprint density at radius 2 is 2.21 bits per heavy atom. The first-order valence-corrected chi connectivity index (χ1v) is 11.1. The van der Waals surface area contributed by atoms with Gasteiger partial charge in [0.05, 0.1) is 11.7 Å². The molecule has 1 aliphatic carbocycles. The number of anilines is 1. The molecule has 0 bridgehead atoms. The van der Waals surface area contributed by atoms with Crippen molar-refractivity contribution in [2.24, 2.45) is 5.92 Å². The zero-order chi connectivity index (χ0) is 20.7. The molecule has 0 saturated heterocycles. The molecule has 4 rings (SSSR count). The average Bonchev–Trinajstić information content (AvgIpc) is 3.07. The minimum atomic E-state index is -0.637. The topological polar surface area (TPSA) is 64.0 Å². The van der Waals surface area contributed by atoms with Crippen LogP contribution in [0.1, 0.15) is 54.8 Å². The monoisotopic (exact) mass is 409 g/mol. The summed E-state index contributed by atoms with van der Waals surface area (Å²) >= 11 is 1.63. The van der Waals surface area contributed by atoms with Gasteiger partial charge in [-0.3, -0.25) is 14.2 Å². The van der Waals surface area contributed by atoms with Crippen molar-refractivity contribution in [2.45, 2.75) is 59.4 Å². The number of hydrogen-bond donors (Lipinski definition) is 1. The van der Waals surface area contributed by atoms with E-state index >= 15 is 0 Å². The first-order valence-electron chi connectivity index (χ1n) is 10.3. The number of benzene rings is 1. The molecule has 2 heterocycles. The van der Waals surface area contributed by atoms with Crippen molar-refractivity contribution in [3.05, 3.63) is 56.4 Å². The summed E-state index contributed by atoms with van der Waals surface area (Å²) in [6, 6.07) is 5.36. The number of aromatic nitrogens is 2. The number of para-hydroxylation sites is 1. The van der Waals surface area contributed by atoms with Crippen molar-refractivity contribution >= 4 is 33.1 Å². The van der Waals surface area contributed by atoms with Gasteiger partial charge in [-0.05, 0) is 62.1 Å². The van der Waals surface area contributed by atoms with Gasteiger partial charge in [0.2, 0.25) is 5.91 Å². The van der Waals surface area contributed by atoms with Crippen LogP contribution in [0, 0.1) is 12.8 Å². The second-order valence-electron chi connectivity index (χ2n) is 8.12. The maximum atomic E-state index is 13.3. The summed E-state index contributed by atoms with van der Waals surface area (Å²) in [5.74, 6) is 0.444. The Morgan fingerprint density at radius 1 is 1.41 bits per heavy atom. The van der Waals surface area contributed by atoms with Gasteiger partial charge in [-0.2, -0.15) is 0 Å². The second-order valence-corrected chi connectivity index (χ2v) is 9.20. The molecule has 2 atom stereocenters. The lowest BCUT2D eigenvalue weighted by atomic mass is 9.89. The van der Waals surface area contributed by atoms with E-state index in [0.29, 0.717) is 11.3 Å². The van der Waals surface area contributed by atoms with E-state index in [2.05, 4.69) is 24.1 Å². The highest BCUT2D eigenvalue weighted by molar-refractivity contribution is 7.18. The van der Waals surface area contributed by atoms with Crippen LogP contribution in [0.4, 0.5) is 5.69 Å². The van der Waals surface area contributed by atoms with Crippen LogP contribution in [0.25, 0.3) is 10.2 Å². The summed E-state index contributed by atoms with van der Waals surface area (Å²) in [6.07, 6.45) is 5.38. The Morgan fingerprint density at radius 3 is 2.97 bits per heavy atom. The molecule has 6 heteroatoms. The summed E-state index contributed by atoms with van der Waals surface area (Å²) in [5.41, 5.74) is 4.00. The number of hydrogen-bond acceptors (Lipinski definition) is 4. The highest BCUT2D eigenvalue weighted by Gasteiger charge is 2.25. The molecule has 1 aromatic carbocycles. The maximum absolute atomic E-state index is 13.3. The molecule has 2 aromatic heterocycles. The van der Waals surface area contributed by atoms with E-state index in [1.54, 1.807) is 18.3 Å². The van der Waals surface area contributed by atoms with Gasteiger partial charge in [0.25, 0.3) is 5.56 Å². The molecule has 152 valence electrons. The summed E-state index contributed by atoms with van der Waals surface area (Å²) in [4.78, 5) is 32.9. The van der Waals surface area contributed by atoms with Crippen LogP contribution >= 0.6 is 11.3 Å². The predicted octanol–water partition coefficient (Wildman–Crippen LogP) is 4.65. The van der Waals surface area contributed by atoms with E-state index in [4.69, 9.17) is 0 Å². The van der Waals surface area contributed by atoms with Gasteiger partial charge in [0, 0.05) is 10.6 Å². The number of aryl methyl sites for hydroxylation is 3. The number of carbonyl (C=O) groups is 1. The normalized spacial score (nSPS) is 17.2. The number of rotatable bonds is 4. The van der Waals surface area contributed by atoms with Crippen LogP contribution < -0.4 is 10.9 Å². The number of fused-ring (bicyclic) bond motifs is 3. The Labute approximate surface area is 174 Å². The Kier molecular flexibility index (Phi) is 5.30. The van der Waals surface area contributed by atoms with E-state index < -0.39 is 6.04 Å². The lowest BCUT2D eigenvalue weighted by Crippen LogP contribution is -2.32. The highest BCUT2D eigenvalue weighted by Crippen LogP contribution is 2.35. The van der Waals surface area contributed by atoms with Gasteiger partial charge in [-0.25, -0.2) is 4.98 Å². The van der Waals surface area contributed by atoms with Crippen molar-refractivity contribution in [3.8, 4) is 0 Å². The fraction of sp³-hybridized carbons (Fsp3) is 0.435. The number of nitrogens with zero attached hydrogens (tertiary/aromatic N) is 2. The quantitative estimate of drug-likeness (QED) is 0.682. The maximum Gasteiger partial charge on any atom is 0.263 e. The highest BCUT2D eigenvalue weighted by atomic mass is 32.1. The third-order valence-electron chi connectivity index (χ3n) is 6.03. The van der Waals surface area contributed by atoms with Crippen molar-refractivity contribution < 1.29 is 4.79 Å². The van der Waals surface area contributed by atoms with E-state index in [0.717, 1.165) is 52.9 Å². The molecule has 1 N–H and O–H groups in total. The zero-order valence-corrected chi connectivity index (χ0v) is 18.2. The third-order valence-corrected chi connectivity index (χ3v) is 7.19. The zero-order valence-electron chi connectivity index (χ0n) is 17.4. The molecular weight excluding hydrogens is 382 g/mol. The van der Waals surface area contributed by atoms with E-state index in [1.165, 1.54) is 15.8 Å². The van der Waals surface area contributed by atoms with Crippen molar-refractivity contribution in [2.75, 3.05) is 5.32 Å². The fourth-order valence-electron chi connectivity index (χ4n) is 4.18. The summed E-state index contributed by atoms with van der Waals surface area (Å²) < 4.78 is 1.48. The first kappa shape index (κ1) is 19.8. The van der Waals surface area contributed by atoms with Crippen molar-refractivity contribution in [1.82, 2.24) is 9.55 Å². The molecule has 1 aliphatic rings.